The minimum Gasteiger partial charge on any atom is -0.480 e. The van der Waals surface area contributed by atoms with Crippen molar-refractivity contribution in [3.8, 4) is 17.0 Å². The van der Waals surface area contributed by atoms with Gasteiger partial charge in [0.15, 0.2) is 12.1 Å². The van der Waals surface area contributed by atoms with E-state index in [4.69, 9.17) is 4.74 Å². The average Bonchev–Trinajstić information content (AvgIpc) is 3.31. The first kappa shape index (κ1) is 28.0. The molecule has 2 aromatic carbocycles. The third-order valence-corrected chi connectivity index (χ3v) is 6.13. The van der Waals surface area contributed by atoms with Gasteiger partial charge in [0, 0.05) is 24.2 Å². The van der Waals surface area contributed by atoms with E-state index in [2.05, 4.69) is 10.1 Å². The number of benzene rings is 2. The summed E-state index contributed by atoms with van der Waals surface area (Å²) in [5.74, 6) is -2.26. The molecule has 0 radical (unpaired) electrons. The van der Waals surface area contributed by atoms with Gasteiger partial charge < -0.3 is 9.84 Å². The zero-order valence-corrected chi connectivity index (χ0v) is 19.7. The zero-order valence-electron chi connectivity index (χ0n) is 19.7. The molecule has 0 spiro atoms. The van der Waals surface area contributed by atoms with Gasteiger partial charge in [0.25, 0.3) is 5.60 Å². The van der Waals surface area contributed by atoms with Gasteiger partial charge in [-0.1, -0.05) is 24.3 Å². The van der Waals surface area contributed by atoms with Gasteiger partial charge in [0.05, 0.1) is 30.1 Å². The number of hydrogen-bond donors (Lipinski definition) is 1. The highest BCUT2D eigenvalue weighted by molar-refractivity contribution is 5.97. The van der Waals surface area contributed by atoms with E-state index in [0.717, 1.165) is 12.1 Å². The number of carbonyl (C=O) groups is 1. The highest BCUT2D eigenvalue weighted by atomic mass is 19.4. The summed E-state index contributed by atoms with van der Waals surface area (Å²) in [4.78, 5) is 15.3. The van der Waals surface area contributed by atoms with Gasteiger partial charge in [-0.2, -0.15) is 31.4 Å². The Balaban J connectivity index is 1.78. The second kappa shape index (κ2) is 9.91. The Morgan fingerprint density at radius 1 is 0.974 bits per heavy atom. The molecule has 0 saturated carbocycles. The summed E-state index contributed by atoms with van der Waals surface area (Å²) >= 11 is 0. The van der Waals surface area contributed by atoms with Crippen LogP contribution in [0.4, 0.5) is 40.8 Å². The Kier molecular flexibility index (Phi) is 7.10. The van der Waals surface area contributed by atoms with E-state index in [1.165, 1.54) is 43.6 Å². The molecule has 1 aromatic heterocycles. The zero-order chi connectivity index (χ0) is 28.8. The predicted molar refractivity (Wildman–Crippen MR) is 122 cm³/mol. The van der Waals surface area contributed by atoms with Gasteiger partial charge in [-0.05, 0) is 29.3 Å². The topological polar surface area (TPSA) is 75.0 Å². The maximum atomic E-state index is 14.6. The van der Waals surface area contributed by atoms with E-state index in [0.29, 0.717) is 28.5 Å². The van der Waals surface area contributed by atoms with Gasteiger partial charge >= 0.3 is 12.4 Å². The number of rotatable bonds is 6. The molecule has 6 nitrogen and oxygen atoms in total. The molecule has 0 bridgehead atoms. The summed E-state index contributed by atoms with van der Waals surface area (Å²) in [5, 5.41) is 13.8. The second-order valence-electron chi connectivity index (χ2n) is 8.48. The number of anilines is 1. The van der Waals surface area contributed by atoms with Gasteiger partial charge in [-0.15, -0.1) is 0 Å². The molecular formula is C25H17F8N3O3. The van der Waals surface area contributed by atoms with Crippen molar-refractivity contribution in [2.24, 2.45) is 5.10 Å². The van der Waals surface area contributed by atoms with Crippen LogP contribution < -0.4 is 9.75 Å². The van der Waals surface area contributed by atoms with Crippen LogP contribution in [0.2, 0.25) is 0 Å². The summed E-state index contributed by atoms with van der Waals surface area (Å²) < 4.78 is 114. The number of carbonyl (C=O) groups excluding carboxylic acids is 1. The number of aliphatic hydroxyl groups is 1. The number of nitrogens with zero attached hydrogens (tertiary/aromatic N) is 3. The average molecular weight is 559 g/mol. The van der Waals surface area contributed by atoms with E-state index in [1.807, 2.05) is 0 Å². The molecule has 14 heteroatoms. The van der Waals surface area contributed by atoms with Crippen molar-refractivity contribution < 1.29 is 49.8 Å². The number of hydrazone groups is 1. The third-order valence-electron chi connectivity index (χ3n) is 6.13. The highest BCUT2D eigenvalue weighted by Crippen LogP contribution is 2.49. The number of ether oxygens (including phenoxy) is 1. The van der Waals surface area contributed by atoms with Crippen LogP contribution in [-0.4, -0.2) is 47.2 Å². The lowest BCUT2D eigenvalue weighted by atomic mass is 9.89. The fraction of sp³-hybridized carbons (Fsp3) is 0.240. The molecular weight excluding hydrogens is 542 g/mol. The second-order valence-corrected chi connectivity index (χ2v) is 8.48. The van der Waals surface area contributed by atoms with Crippen molar-refractivity contribution >= 4 is 17.7 Å². The van der Waals surface area contributed by atoms with Crippen LogP contribution in [0.5, 0.6) is 5.88 Å². The van der Waals surface area contributed by atoms with Gasteiger partial charge in [0.2, 0.25) is 5.88 Å². The maximum Gasteiger partial charge on any atom is 0.431 e. The first-order chi connectivity index (χ1) is 18.2. The van der Waals surface area contributed by atoms with Crippen LogP contribution in [0.3, 0.4) is 0 Å². The monoisotopic (exact) mass is 559 g/mol. The number of halogens is 8. The lowest BCUT2D eigenvalue weighted by Crippen LogP contribution is -2.62. The number of methoxy groups -OCH3 is 1. The Morgan fingerprint density at radius 3 is 2.15 bits per heavy atom. The molecule has 1 unspecified atom stereocenters. The molecule has 39 heavy (non-hydrogen) atoms. The van der Waals surface area contributed by atoms with Crippen LogP contribution in [-0.2, 0) is 0 Å². The molecule has 2 heterocycles. The molecule has 4 rings (SSSR count). The molecule has 0 saturated heterocycles. The Bertz CT molecular complexity index is 1410. The number of aldehydes is 1. The van der Waals surface area contributed by atoms with Gasteiger partial charge in [-0.3, -0.25) is 9.80 Å². The van der Waals surface area contributed by atoms with E-state index < -0.39 is 53.4 Å². The van der Waals surface area contributed by atoms with Crippen molar-refractivity contribution in [3.63, 3.8) is 0 Å². The fourth-order valence-electron chi connectivity index (χ4n) is 4.15. The molecule has 1 N–H and O–H groups in total. The quantitative estimate of drug-likeness (QED) is 0.296. The summed E-state index contributed by atoms with van der Waals surface area (Å²) in [7, 11) is 1.32. The van der Waals surface area contributed by atoms with Gasteiger partial charge in [0.1, 0.15) is 5.82 Å². The number of aromatic nitrogens is 1. The van der Waals surface area contributed by atoms with E-state index in [1.54, 1.807) is 0 Å². The van der Waals surface area contributed by atoms with Crippen LogP contribution in [0.1, 0.15) is 28.4 Å². The Hall–Kier alpha value is -4.07. The number of pyridine rings is 1. The lowest BCUT2D eigenvalue weighted by Gasteiger charge is -2.32. The van der Waals surface area contributed by atoms with E-state index >= 15 is 0 Å². The van der Waals surface area contributed by atoms with Crippen molar-refractivity contribution in [1.82, 2.24) is 4.98 Å². The molecule has 0 aliphatic carbocycles. The van der Waals surface area contributed by atoms with Crippen LogP contribution in [0.25, 0.3) is 11.1 Å². The first-order valence-corrected chi connectivity index (χ1v) is 11.0. The Morgan fingerprint density at radius 2 is 1.62 bits per heavy atom. The summed E-state index contributed by atoms with van der Waals surface area (Å²) in [6.45, 7) is 0. The van der Waals surface area contributed by atoms with E-state index in [-0.39, 0.29) is 17.0 Å². The Labute approximate surface area is 215 Å². The highest BCUT2D eigenvalue weighted by Gasteiger charge is 2.74. The molecule has 1 aliphatic heterocycles. The van der Waals surface area contributed by atoms with Crippen molar-refractivity contribution in [1.29, 1.82) is 0 Å². The molecule has 1 atom stereocenters. The van der Waals surface area contributed by atoms with Crippen LogP contribution >= 0.6 is 0 Å². The van der Waals surface area contributed by atoms with Crippen LogP contribution in [0, 0.1) is 11.6 Å². The molecule has 206 valence electrons. The largest absolute Gasteiger partial charge is 0.480 e. The number of alkyl halides is 6. The van der Waals surface area contributed by atoms with Crippen LogP contribution in [0.15, 0.2) is 59.8 Å². The first-order valence-electron chi connectivity index (χ1n) is 11.0. The van der Waals surface area contributed by atoms with E-state index in [9.17, 15) is 45.0 Å². The lowest BCUT2D eigenvalue weighted by molar-refractivity contribution is -0.338. The van der Waals surface area contributed by atoms with Crippen molar-refractivity contribution in [2.45, 2.75) is 30.4 Å². The summed E-state index contributed by atoms with van der Waals surface area (Å²) in [6.07, 6.45) is -11.6. The predicted octanol–water partition coefficient (Wildman–Crippen LogP) is 6.01. The fourth-order valence-corrected chi connectivity index (χ4v) is 4.15. The van der Waals surface area contributed by atoms with Gasteiger partial charge in [-0.25, -0.2) is 13.8 Å². The molecule has 0 amide bonds. The summed E-state index contributed by atoms with van der Waals surface area (Å²) in [6, 6.07) is 7.56. The van der Waals surface area contributed by atoms with Crippen molar-refractivity contribution in [3.05, 3.63) is 77.5 Å². The maximum absolute atomic E-state index is 14.6. The minimum absolute atomic E-state index is 0.0692. The third kappa shape index (κ3) is 4.91. The minimum atomic E-state index is -6.20. The summed E-state index contributed by atoms with van der Waals surface area (Å²) in [5.41, 5.74) is -6.49. The molecule has 1 aliphatic rings. The van der Waals surface area contributed by atoms with Crippen molar-refractivity contribution in [2.75, 3.05) is 12.1 Å². The normalized spacial score (nSPS) is 16.3. The molecule has 0 fully saturated rings. The SMILES string of the molecule is COc1ncc(-c2ccc(C3CC(C(O)(C(F)(F)F)C(F)(F)F)=NN3c3ccc(F)cc3F)cc2)cc1C=O. The number of hydrogen-bond acceptors (Lipinski definition) is 6. The smallest absolute Gasteiger partial charge is 0.431 e. The molecule has 3 aromatic rings. The standard InChI is InChI=1S/C25H17F8N3O3/c1-39-22-16(12-37)8-15(11-34-22)13-2-4-14(5-3-13)20-10-21(23(38,24(28,29)30)25(31,32)33)35-36(20)19-7-6-17(26)9-18(19)27/h2-9,11-12,20,38H,10H2,1H3.